The first kappa shape index (κ1) is 20.6. The third kappa shape index (κ3) is 3.98. The van der Waals surface area contributed by atoms with Crippen molar-refractivity contribution in [2.24, 2.45) is 0 Å². The minimum atomic E-state index is -0.649. The van der Waals surface area contributed by atoms with E-state index in [4.69, 9.17) is 27.1 Å². The fourth-order valence-corrected chi connectivity index (χ4v) is 3.80. The lowest BCUT2D eigenvalue weighted by Gasteiger charge is -2.28. The molecule has 0 aliphatic carbocycles. The molecule has 0 amide bonds. The van der Waals surface area contributed by atoms with E-state index in [1.807, 2.05) is 6.92 Å². The molecule has 1 aromatic heterocycles. The van der Waals surface area contributed by atoms with Crippen LogP contribution in [0, 0.1) is 5.82 Å². The Bertz CT molecular complexity index is 1140. The Labute approximate surface area is 178 Å². The van der Waals surface area contributed by atoms with E-state index in [-0.39, 0.29) is 16.6 Å². The molecule has 2 aromatic carbocycles. The van der Waals surface area contributed by atoms with Crippen LogP contribution in [0.4, 0.5) is 10.1 Å². The molecule has 158 valence electrons. The van der Waals surface area contributed by atoms with Crippen molar-refractivity contribution in [2.75, 3.05) is 38.5 Å². The highest BCUT2D eigenvalue weighted by Gasteiger charge is 2.20. The molecule has 0 atom stereocenters. The summed E-state index contributed by atoms with van der Waals surface area (Å²) < 4.78 is 21.4. The van der Waals surface area contributed by atoms with Gasteiger partial charge in [-0.15, -0.1) is 0 Å². The molecule has 2 heterocycles. The normalized spacial score (nSPS) is 14.9. The van der Waals surface area contributed by atoms with Gasteiger partial charge in [0.15, 0.2) is 0 Å². The lowest BCUT2D eigenvalue weighted by atomic mass is 10.2. The Morgan fingerprint density at radius 3 is 2.77 bits per heavy atom. The number of hydrogen-bond donors (Lipinski definition) is 2. The smallest absolute Gasteiger partial charge is 0.266 e. The van der Waals surface area contributed by atoms with Crippen LogP contribution in [0.2, 0.25) is 5.02 Å². The van der Waals surface area contributed by atoms with E-state index in [0.29, 0.717) is 41.0 Å². The number of nitrogens with one attached hydrogen (secondary N) is 1. The number of rotatable bonds is 5. The van der Waals surface area contributed by atoms with Crippen LogP contribution in [-0.2, 0) is 6.54 Å². The molecule has 1 saturated heterocycles. The number of halogens is 2. The highest BCUT2D eigenvalue weighted by Crippen LogP contribution is 2.28. The minimum absolute atomic E-state index is 0.0400. The number of anilines is 1. The zero-order chi connectivity index (χ0) is 21.3. The van der Waals surface area contributed by atoms with Crippen molar-refractivity contribution in [1.29, 1.82) is 0 Å². The van der Waals surface area contributed by atoms with E-state index in [1.165, 1.54) is 10.6 Å². The van der Waals surface area contributed by atoms with Crippen LogP contribution in [0.1, 0.15) is 12.7 Å². The van der Waals surface area contributed by atoms with Crippen LogP contribution in [-0.4, -0.2) is 47.2 Å². The van der Waals surface area contributed by atoms with E-state index in [2.05, 4.69) is 10.2 Å². The number of piperazine rings is 1. The van der Waals surface area contributed by atoms with Gasteiger partial charge >= 0.3 is 0 Å². The Morgan fingerprint density at radius 2 is 2.03 bits per heavy atom. The Hall–Kier alpha value is -2.68. The number of fused-ring (bicyclic) bond motifs is 1. The van der Waals surface area contributed by atoms with Crippen molar-refractivity contribution in [3.8, 4) is 11.4 Å². The van der Waals surface area contributed by atoms with Gasteiger partial charge in [-0.05, 0) is 31.2 Å². The lowest BCUT2D eigenvalue weighted by Crippen LogP contribution is -2.44. The SMILES string of the molecule is CCOc1cc(Cl)ccc1-n1c(CN2CCNCC2)nc2cc(N)c(F)cc2c1=O. The summed E-state index contributed by atoms with van der Waals surface area (Å²) in [6, 6.07) is 7.62. The summed E-state index contributed by atoms with van der Waals surface area (Å²) in [7, 11) is 0. The number of aromatic nitrogens is 2. The quantitative estimate of drug-likeness (QED) is 0.604. The van der Waals surface area contributed by atoms with Gasteiger partial charge in [-0.2, -0.15) is 0 Å². The van der Waals surface area contributed by atoms with Gasteiger partial charge < -0.3 is 15.8 Å². The highest BCUT2D eigenvalue weighted by molar-refractivity contribution is 6.30. The zero-order valence-electron chi connectivity index (χ0n) is 16.6. The van der Waals surface area contributed by atoms with Gasteiger partial charge in [-0.3, -0.25) is 14.3 Å². The summed E-state index contributed by atoms with van der Waals surface area (Å²) in [6.07, 6.45) is 0. The molecular weight excluding hydrogens is 409 g/mol. The Kier molecular flexibility index (Phi) is 5.90. The van der Waals surface area contributed by atoms with Gasteiger partial charge in [0.2, 0.25) is 0 Å². The molecular formula is C21H23ClFN5O2. The number of benzene rings is 2. The predicted molar refractivity (Wildman–Crippen MR) is 116 cm³/mol. The van der Waals surface area contributed by atoms with Crippen LogP contribution in [0.25, 0.3) is 16.6 Å². The number of nitrogens with zero attached hydrogens (tertiary/aromatic N) is 3. The molecule has 1 aliphatic rings. The number of ether oxygens (including phenoxy) is 1. The standard InChI is InChI=1S/C21H23ClFN5O2/c1-2-30-19-9-13(22)3-4-18(19)28-20(12-27-7-5-25-6-8-27)26-17-11-16(24)15(23)10-14(17)21(28)29/h3-4,9-11,25H,2,5-8,12,24H2,1H3. The maximum absolute atomic E-state index is 14.1. The van der Waals surface area contributed by atoms with Gasteiger partial charge in [0.05, 0.1) is 35.4 Å². The second-order valence-corrected chi connectivity index (χ2v) is 7.57. The fourth-order valence-electron chi connectivity index (χ4n) is 3.64. The van der Waals surface area contributed by atoms with Crippen LogP contribution in [0.3, 0.4) is 0 Å². The van der Waals surface area contributed by atoms with Crippen LogP contribution in [0.5, 0.6) is 5.75 Å². The molecule has 0 unspecified atom stereocenters. The topological polar surface area (TPSA) is 85.4 Å². The van der Waals surface area contributed by atoms with E-state index in [9.17, 15) is 9.18 Å². The van der Waals surface area contributed by atoms with Gasteiger partial charge in [-0.1, -0.05) is 11.6 Å². The van der Waals surface area contributed by atoms with Gasteiger partial charge in [0.1, 0.15) is 17.4 Å². The van der Waals surface area contributed by atoms with Crippen LogP contribution >= 0.6 is 11.6 Å². The number of nitrogens with two attached hydrogens (primary N) is 1. The van der Waals surface area contributed by atoms with E-state index < -0.39 is 5.82 Å². The highest BCUT2D eigenvalue weighted by atomic mass is 35.5. The molecule has 7 nitrogen and oxygen atoms in total. The molecule has 0 bridgehead atoms. The van der Waals surface area contributed by atoms with E-state index >= 15 is 0 Å². The third-order valence-corrected chi connectivity index (χ3v) is 5.33. The average molecular weight is 432 g/mol. The van der Waals surface area contributed by atoms with Crippen molar-refractivity contribution >= 4 is 28.2 Å². The van der Waals surface area contributed by atoms with Crippen molar-refractivity contribution in [3.05, 3.63) is 57.3 Å². The average Bonchev–Trinajstić information content (AvgIpc) is 2.72. The van der Waals surface area contributed by atoms with Crippen molar-refractivity contribution in [3.63, 3.8) is 0 Å². The number of hydrogen-bond acceptors (Lipinski definition) is 6. The first-order valence-electron chi connectivity index (χ1n) is 9.84. The summed E-state index contributed by atoms with van der Waals surface area (Å²) >= 11 is 6.15. The lowest BCUT2D eigenvalue weighted by molar-refractivity contribution is 0.226. The van der Waals surface area contributed by atoms with E-state index in [0.717, 1.165) is 32.2 Å². The van der Waals surface area contributed by atoms with Gasteiger partial charge in [0, 0.05) is 37.3 Å². The van der Waals surface area contributed by atoms with Crippen molar-refractivity contribution in [2.45, 2.75) is 13.5 Å². The Balaban J connectivity index is 1.96. The second-order valence-electron chi connectivity index (χ2n) is 7.13. The summed E-state index contributed by atoms with van der Waals surface area (Å²) in [6.45, 7) is 6.10. The van der Waals surface area contributed by atoms with Crippen LogP contribution in [0.15, 0.2) is 35.1 Å². The molecule has 4 rings (SSSR count). The number of nitrogen functional groups attached to an aromatic ring is 1. The molecule has 0 saturated carbocycles. The van der Waals surface area contributed by atoms with Crippen molar-refractivity contribution < 1.29 is 9.13 Å². The molecule has 9 heteroatoms. The molecule has 1 aliphatic heterocycles. The fraction of sp³-hybridized carbons (Fsp3) is 0.333. The summed E-state index contributed by atoms with van der Waals surface area (Å²) in [4.78, 5) is 20.4. The summed E-state index contributed by atoms with van der Waals surface area (Å²) in [5.74, 6) is 0.346. The first-order chi connectivity index (χ1) is 14.5. The molecule has 1 fully saturated rings. The molecule has 30 heavy (non-hydrogen) atoms. The molecule has 3 aromatic rings. The molecule has 3 N–H and O–H groups in total. The maximum atomic E-state index is 14.1. The third-order valence-electron chi connectivity index (χ3n) is 5.09. The maximum Gasteiger partial charge on any atom is 0.266 e. The summed E-state index contributed by atoms with van der Waals surface area (Å²) in [5, 5.41) is 3.96. The molecule has 0 spiro atoms. The monoisotopic (exact) mass is 431 g/mol. The van der Waals surface area contributed by atoms with Gasteiger partial charge in [0.25, 0.3) is 5.56 Å². The van der Waals surface area contributed by atoms with Gasteiger partial charge in [-0.25, -0.2) is 9.37 Å². The Morgan fingerprint density at radius 1 is 1.27 bits per heavy atom. The van der Waals surface area contributed by atoms with Crippen molar-refractivity contribution in [1.82, 2.24) is 19.8 Å². The second kappa shape index (κ2) is 8.59. The zero-order valence-corrected chi connectivity index (χ0v) is 17.4. The first-order valence-corrected chi connectivity index (χ1v) is 10.2. The minimum Gasteiger partial charge on any atom is -0.492 e. The summed E-state index contributed by atoms with van der Waals surface area (Å²) in [5.41, 5.74) is 6.18. The largest absolute Gasteiger partial charge is 0.492 e. The van der Waals surface area contributed by atoms with E-state index in [1.54, 1.807) is 18.2 Å². The molecule has 0 radical (unpaired) electrons. The van der Waals surface area contributed by atoms with Crippen LogP contribution < -0.4 is 21.3 Å². The predicted octanol–water partition coefficient (Wildman–Crippen LogP) is 2.56.